The Morgan fingerprint density at radius 2 is 2.00 bits per heavy atom. The Morgan fingerprint density at radius 1 is 1.24 bits per heavy atom. The second kappa shape index (κ2) is 6.45. The predicted molar refractivity (Wildman–Crippen MR) is 86.3 cm³/mol. The Hall–Kier alpha value is -2.28. The molecule has 1 aliphatic rings. The van der Waals surface area contributed by atoms with Gasteiger partial charge in [0.1, 0.15) is 0 Å². The van der Waals surface area contributed by atoms with Crippen molar-refractivity contribution >= 4 is 5.69 Å². The van der Waals surface area contributed by atoms with E-state index in [1.807, 2.05) is 39.4 Å². The van der Waals surface area contributed by atoms with Gasteiger partial charge in [0.2, 0.25) is 0 Å². The monoisotopic (exact) mass is 282 g/mol. The lowest BCUT2D eigenvalue weighted by molar-refractivity contribution is 0.744. The fraction of sp³-hybridized carbons (Fsp3) is 0.412. The summed E-state index contributed by atoms with van der Waals surface area (Å²) >= 11 is 0. The topological polar surface area (TPSA) is 44.9 Å². The highest BCUT2D eigenvalue weighted by molar-refractivity contribution is 5.75. The second-order valence-corrected chi connectivity index (χ2v) is 5.07. The van der Waals surface area contributed by atoms with Gasteiger partial charge in [-0.15, -0.1) is 0 Å². The molecule has 0 N–H and O–H groups in total. The standard InChI is InChI=1S/C15H16N4.C2H6/c1-18-5-3-4-11-6-14(12(8-16)7-15(11)18)13-9-17-19(2)10-13;1-2/h6-7,9-10H,3-5H2,1-2H3;1-2H3. The Kier molecular flexibility index (Phi) is 4.64. The minimum absolute atomic E-state index is 0.723. The molecule has 1 aliphatic heterocycles. The molecule has 1 aromatic heterocycles. The molecule has 0 saturated carbocycles. The maximum absolute atomic E-state index is 9.38. The van der Waals surface area contributed by atoms with Gasteiger partial charge in [-0.25, -0.2) is 0 Å². The van der Waals surface area contributed by atoms with E-state index in [1.165, 1.54) is 17.7 Å². The maximum atomic E-state index is 9.38. The summed E-state index contributed by atoms with van der Waals surface area (Å²) in [7, 11) is 3.98. The largest absolute Gasteiger partial charge is 0.374 e. The molecule has 0 atom stereocenters. The van der Waals surface area contributed by atoms with Gasteiger partial charge in [-0.3, -0.25) is 4.68 Å². The molecule has 4 heteroatoms. The number of anilines is 1. The van der Waals surface area contributed by atoms with Gasteiger partial charge in [-0.1, -0.05) is 13.8 Å². The number of hydrogen-bond acceptors (Lipinski definition) is 3. The molecule has 110 valence electrons. The minimum Gasteiger partial charge on any atom is -0.374 e. The summed E-state index contributed by atoms with van der Waals surface area (Å²) in [5.74, 6) is 0. The molecular formula is C17H22N4. The fourth-order valence-electron chi connectivity index (χ4n) is 2.71. The number of benzene rings is 1. The third-order valence-electron chi connectivity index (χ3n) is 3.71. The van der Waals surface area contributed by atoms with Crippen LogP contribution in [-0.2, 0) is 13.5 Å². The third-order valence-corrected chi connectivity index (χ3v) is 3.71. The van der Waals surface area contributed by atoms with Gasteiger partial charge in [-0.05, 0) is 30.5 Å². The van der Waals surface area contributed by atoms with Crippen LogP contribution in [0.15, 0.2) is 24.5 Å². The highest BCUT2D eigenvalue weighted by Crippen LogP contribution is 2.33. The van der Waals surface area contributed by atoms with Crippen LogP contribution in [0, 0.1) is 11.3 Å². The van der Waals surface area contributed by atoms with Crippen molar-refractivity contribution in [3.63, 3.8) is 0 Å². The number of nitriles is 1. The van der Waals surface area contributed by atoms with Crippen molar-refractivity contribution in [2.24, 2.45) is 7.05 Å². The van der Waals surface area contributed by atoms with Crippen molar-refractivity contribution in [3.05, 3.63) is 35.7 Å². The van der Waals surface area contributed by atoms with Crippen LogP contribution < -0.4 is 4.90 Å². The number of rotatable bonds is 1. The van der Waals surface area contributed by atoms with Gasteiger partial charge >= 0.3 is 0 Å². The minimum atomic E-state index is 0.723. The quantitative estimate of drug-likeness (QED) is 0.805. The normalized spacial score (nSPS) is 13.0. The van der Waals surface area contributed by atoms with Gasteiger partial charge in [0.05, 0.1) is 17.8 Å². The fourth-order valence-corrected chi connectivity index (χ4v) is 2.71. The van der Waals surface area contributed by atoms with Crippen molar-refractivity contribution in [2.75, 3.05) is 18.5 Å². The van der Waals surface area contributed by atoms with Gasteiger partial charge in [0.15, 0.2) is 0 Å². The lowest BCUT2D eigenvalue weighted by Crippen LogP contribution is -2.24. The summed E-state index contributed by atoms with van der Waals surface area (Å²) < 4.78 is 1.77. The Labute approximate surface area is 126 Å². The molecule has 21 heavy (non-hydrogen) atoms. The summed E-state index contributed by atoms with van der Waals surface area (Å²) in [6.45, 7) is 5.06. The maximum Gasteiger partial charge on any atom is 0.0998 e. The average Bonchev–Trinajstić information content (AvgIpc) is 2.95. The molecule has 0 saturated heterocycles. The zero-order valence-electron chi connectivity index (χ0n) is 13.2. The van der Waals surface area contributed by atoms with Crippen LogP contribution in [-0.4, -0.2) is 23.4 Å². The molecule has 3 rings (SSSR count). The van der Waals surface area contributed by atoms with Crippen molar-refractivity contribution in [2.45, 2.75) is 26.7 Å². The van der Waals surface area contributed by atoms with Gasteiger partial charge in [-0.2, -0.15) is 10.4 Å². The number of fused-ring (bicyclic) bond motifs is 1. The molecule has 2 heterocycles. The smallest absolute Gasteiger partial charge is 0.0998 e. The molecule has 0 fully saturated rings. The molecule has 0 bridgehead atoms. The van der Waals surface area contributed by atoms with Crippen molar-refractivity contribution < 1.29 is 0 Å². The van der Waals surface area contributed by atoms with Crippen LogP contribution in [0.3, 0.4) is 0 Å². The zero-order valence-corrected chi connectivity index (χ0v) is 13.2. The molecule has 2 aromatic rings. The Bertz CT molecular complexity index is 664. The van der Waals surface area contributed by atoms with Crippen LogP contribution >= 0.6 is 0 Å². The summed E-state index contributed by atoms with van der Waals surface area (Å²) in [6.07, 6.45) is 6.02. The van der Waals surface area contributed by atoms with E-state index in [1.54, 1.807) is 4.68 Å². The molecule has 0 amide bonds. The molecule has 0 unspecified atom stereocenters. The van der Waals surface area contributed by atoms with Crippen molar-refractivity contribution in [3.8, 4) is 17.2 Å². The zero-order chi connectivity index (χ0) is 15.4. The summed E-state index contributed by atoms with van der Waals surface area (Å²) in [5, 5.41) is 13.6. The van der Waals surface area contributed by atoms with Crippen LogP contribution in [0.1, 0.15) is 31.4 Å². The van der Waals surface area contributed by atoms with Crippen LogP contribution in [0.5, 0.6) is 0 Å². The van der Waals surface area contributed by atoms with E-state index < -0.39 is 0 Å². The van der Waals surface area contributed by atoms with Crippen LogP contribution in [0.2, 0.25) is 0 Å². The number of hydrogen-bond donors (Lipinski definition) is 0. The van der Waals surface area contributed by atoms with E-state index >= 15 is 0 Å². The van der Waals surface area contributed by atoms with E-state index in [2.05, 4.69) is 29.2 Å². The lowest BCUT2D eigenvalue weighted by Gasteiger charge is -2.28. The van der Waals surface area contributed by atoms with Crippen molar-refractivity contribution in [1.29, 1.82) is 5.26 Å². The van der Waals surface area contributed by atoms with Crippen LogP contribution in [0.4, 0.5) is 5.69 Å². The van der Waals surface area contributed by atoms with Gasteiger partial charge in [0, 0.05) is 43.7 Å². The number of aromatic nitrogens is 2. The van der Waals surface area contributed by atoms with E-state index in [9.17, 15) is 5.26 Å². The lowest BCUT2D eigenvalue weighted by atomic mass is 9.94. The first-order valence-corrected chi connectivity index (χ1v) is 7.46. The SMILES string of the molecule is CC.CN1CCCc2cc(-c3cnn(C)c3)c(C#N)cc21. The predicted octanol–water partition coefficient (Wildman–Crippen LogP) is 3.37. The Morgan fingerprint density at radius 3 is 2.62 bits per heavy atom. The number of nitrogens with zero attached hydrogens (tertiary/aromatic N) is 4. The van der Waals surface area contributed by atoms with E-state index in [0.717, 1.165) is 29.7 Å². The molecule has 4 nitrogen and oxygen atoms in total. The average molecular weight is 282 g/mol. The first kappa shape index (κ1) is 15.1. The van der Waals surface area contributed by atoms with E-state index in [4.69, 9.17) is 0 Å². The van der Waals surface area contributed by atoms with E-state index in [-0.39, 0.29) is 0 Å². The molecular weight excluding hydrogens is 260 g/mol. The summed E-state index contributed by atoms with van der Waals surface area (Å²) in [4.78, 5) is 2.23. The molecule has 0 radical (unpaired) electrons. The van der Waals surface area contributed by atoms with Gasteiger partial charge in [0.25, 0.3) is 0 Å². The number of aryl methyl sites for hydroxylation is 2. The van der Waals surface area contributed by atoms with E-state index in [0.29, 0.717) is 0 Å². The summed E-state index contributed by atoms with van der Waals surface area (Å²) in [6, 6.07) is 6.47. The molecule has 0 aliphatic carbocycles. The highest BCUT2D eigenvalue weighted by atomic mass is 15.2. The molecule has 1 aromatic carbocycles. The van der Waals surface area contributed by atoms with Gasteiger partial charge < -0.3 is 4.90 Å². The molecule has 0 spiro atoms. The first-order valence-electron chi connectivity index (χ1n) is 7.46. The third kappa shape index (κ3) is 2.92. The second-order valence-electron chi connectivity index (χ2n) is 5.07. The highest BCUT2D eigenvalue weighted by Gasteiger charge is 2.18. The van der Waals surface area contributed by atoms with Crippen LogP contribution in [0.25, 0.3) is 11.1 Å². The van der Waals surface area contributed by atoms with Crippen molar-refractivity contribution in [1.82, 2.24) is 9.78 Å². The first-order chi connectivity index (χ1) is 10.2. The Balaban J connectivity index is 0.000000774. The summed E-state index contributed by atoms with van der Waals surface area (Å²) in [5.41, 5.74) is 5.24.